The zero-order chi connectivity index (χ0) is 21.3. The van der Waals surface area contributed by atoms with E-state index < -0.39 is 10.8 Å². The third kappa shape index (κ3) is 3.65. The van der Waals surface area contributed by atoms with Gasteiger partial charge in [-0.2, -0.15) is 0 Å². The van der Waals surface area contributed by atoms with Crippen LogP contribution in [0, 0.1) is 10.1 Å². The van der Waals surface area contributed by atoms with E-state index in [0.29, 0.717) is 16.3 Å². The molecule has 2 N–H and O–H groups in total. The van der Waals surface area contributed by atoms with Crippen molar-refractivity contribution in [3.63, 3.8) is 0 Å². The van der Waals surface area contributed by atoms with Crippen LogP contribution in [0.5, 0.6) is 11.5 Å². The van der Waals surface area contributed by atoms with Crippen LogP contribution in [0.15, 0.2) is 60.7 Å². The van der Waals surface area contributed by atoms with Gasteiger partial charge in [-0.25, -0.2) is 4.98 Å². The second-order valence-corrected chi connectivity index (χ2v) is 7.35. The number of thiazole rings is 1. The van der Waals surface area contributed by atoms with Crippen molar-refractivity contribution in [1.29, 1.82) is 0 Å². The molecule has 30 heavy (non-hydrogen) atoms. The molecule has 1 heterocycles. The summed E-state index contributed by atoms with van der Waals surface area (Å²) in [6.45, 7) is 0. The lowest BCUT2D eigenvalue weighted by atomic mass is 10.1. The molecule has 0 bridgehead atoms. The number of benzene rings is 3. The Bertz CT molecular complexity index is 1250. The number of hydrogen-bond acceptors (Lipinski definition) is 7. The van der Waals surface area contributed by atoms with E-state index in [-0.39, 0.29) is 22.7 Å². The van der Waals surface area contributed by atoms with Gasteiger partial charge in [0, 0.05) is 23.4 Å². The van der Waals surface area contributed by atoms with Crippen molar-refractivity contribution in [2.75, 3.05) is 12.4 Å². The second kappa shape index (κ2) is 7.80. The van der Waals surface area contributed by atoms with E-state index >= 15 is 0 Å². The number of nitrogens with one attached hydrogen (secondary N) is 1. The van der Waals surface area contributed by atoms with E-state index in [0.717, 1.165) is 16.3 Å². The number of aromatic hydroxyl groups is 1. The maximum Gasteiger partial charge on any atom is 0.311 e. The molecule has 1 amide bonds. The number of phenols is 1. The summed E-state index contributed by atoms with van der Waals surface area (Å²) in [6.07, 6.45) is 0. The van der Waals surface area contributed by atoms with E-state index in [1.807, 2.05) is 24.3 Å². The number of nitrogens with zero attached hydrogens (tertiary/aromatic N) is 2. The third-order valence-corrected chi connectivity index (χ3v) is 5.49. The number of amides is 1. The minimum absolute atomic E-state index is 0.0347. The normalized spacial score (nSPS) is 10.7. The van der Waals surface area contributed by atoms with Gasteiger partial charge >= 0.3 is 5.69 Å². The number of carbonyl (C=O) groups excluding carboxylic acids is 1. The fraction of sp³-hybridized carbons (Fsp3) is 0.0476. The highest BCUT2D eigenvalue weighted by Crippen LogP contribution is 2.36. The fourth-order valence-electron chi connectivity index (χ4n) is 2.95. The lowest BCUT2D eigenvalue weighted by Crippen LogP contribution is -2.12. The molecule has 150 valence electrons. The Morgan fingerprint density at radius 2 is 1.97 bits per heavy atom. The summed E-state index contributed by atoms with van der Waals surface area (Å²) in [7, 11) is 1.32. The van der Waals surface area contributed by atoms with Gasteiger partial charge in [0.2, 0.25) is 0 Å². The zero-order valence-corrected chi connectivity index (χ0v) is 16.5. The minimum atomic E-state index is -0.617. The zero-order valence-electron chi connectivity index (χ0n) is 15.7. The maximum absolute atomic E-state index is 12.5. The van der Waals surface area contributed by atoms with Gasteiger partial charge in [0.05, 0.1) is 27.8 Å². The number of nitro groups is 1. The number of methoxy groups -OCH3 is 1. The van der Waals surface area contributed by atoms with Crippen molar-refractivity contribution in [2.45, 2.75) is 0 Å². The van der Waals surface area contributed by atoms with Crippen LogP contribution < -0.4 is 10.1 Å². The van der Waals surface area contributed by atoms with Gasteiger partial charge < -0.3 is 15.2 Å². The van der Waals surface area contributed by atoms with Crippen LogP contribution in [-0.2, 0) is 0 Å². The van der Waals surface area contributed by atoms with Gasteiger partial charge in [0.15, 0.2) is 5.75 Å². The van der Waals surface area contributed by atoms with E-state index in [1.165, 1.54) is 36.6 Å². The maximum atomic E-state index is 12.5. The molecule has 0 saturated carbocycles. The Labute approximate surface area is 174 Å². The molecule has 3 aromatic carbocycles. The number of nitro benzene ring substituents is 1. The first-order valence-electron chi connectivity index (χ1n) is 8.79. The smallest absolute Gasteiger partial charge is 0.311 e. The van der Waals surface area contributed by atoms with Crippen LogP contribution >= 0.6 is 11.3 Å². The Morgan fingerprint density at radius 3 is 2.67 bits per heavy atom. The molecule has 0 aliphatic rings. The molecule has 0 spiro atoms. The summed E-state index contributed by atoms with van der Waals surface area (Å²) in [5, 5.41) is 24.9. The molecule has 1 aromatic heterocycles. The number of rotatable bonds is 5. The molecule has 9 heteroatoms. The van der Waals surface area contributed by atoms with Gasteiger partial charge in [-0.05, 0) is 36.4 Å². The highest BCUT2D eigenvalue weighted by atomic mass is 32.1. The Hall–Kier alpha value is -3.98. The number of carbonyl (C=O) groups is 1. The first-order valence-corrected chi connectivity index (χ1v) is 9.60. The Balaban J connectivity index is 1.58. The quantitative estimate of drug-likeness (QED) is 0.352. The third-order valence-electron chi connectivity index (χ3n) is 4.42. The molecule has 0 fully saturated rings. The largest absolute Gasteiger partial charge is 0.507 e. The standard InChI is InChI=1S/C21H15N3O5S/c1-29-18-9-6-12(10-16(18)24(27)28)20(26)22-13-7-8-14(17(25)11-13)21-23-15-4-2-3-5-19(15)30-21/h2-11,25H,1H3,(H,22,26). The predicted octanol–water partition coefficient (Wildman–Crippen LogP) is 4.84. The Morgan fingerprint density at radius 1 is 1.17 bits per heavy atom. The molecular formula is C21H15N3O5S. The average Bonchev–Trinajstić information content (AvgIpc) is 3.17. The van der Waals surface area contributed by atoms with Gasteiger partial charge in [0.1, 0.15) is 10.8 Å². The summed E-state index contributed by atoms with van der Waals surface area (Å²) in [4.78, 5) is 27.6. The number of hydrogen-bond donors (Lipinski definition) is 2. The summed E-state index contributed by atoms with van der Waals surface area (Å²) >= 11 is 1.45. The van der Waals surface area contributed by atoms with Crippen molar-refractivity contribution in [2.24, 2.45) is 0 Å². The van der Waals surface area contributed by atoms with Gasteiger partial charge in [-0.1, -0.05) is 12.1 Å². The lowest BCUT2D eigenvalue weighted by Gasteiger charge is -2.09. The SMILES string of the molecule is COc1ccc(C(=O)Nc2ccc(-c3nc4ccccc4s3)c(O)c2)cc1[N+](=O)[O-]. The van der Waals surface area contributed by atoms with Gasteiger partial charge in [0.25, 0.3) is 5.91 Å². The first kappa shape index (κ1) is 19.3. The van der Waals surface area contributed by atoms with E-state index in [2.05, 4.69) is 10.3 Å². The summed E-state index contributed by atoms with van der Waals surface area (Å²) in [5.74, 6) is -0.519. The average molecular weight is 421 g/mol. The van der Waals surface area contributed by atoms with Crippen molar-refractivity contribution in [3.05, 3.63) is 76.3 Å². The van der Waals surface area contributed by atoms with Crippen LogP contribution in [0.25, 0.3) is 20.8 Å². The number of fused-ring (bicyclic) bond motifs is 1. The van der Waals surface area contributed by atoms with E-state index in [4.69, 9.17) is 4.74 Å². The molecule has 8 nitrogen and oxygen atoms in total. The highest BCUT2D eigenvalue weighted by molar-refractivity contribution is 7.21. The number of aromatic nitrogens is 1. The molecule has 0 aliphatic carbocycles. The molecule has 0 saturated heterocycles. The molecule has 0 unspecified atom stereocenters. The highest BCUT2D eigenvalue weighted by Gasteiger charge is 2.19. The van der Waals surface area contributed by atoms with Gasteiger partial charge in [-0.15, -0.1) is 11.3 Å². The monoisotopic (exact) mass is 421 g/mol. The molecule has 0 aliphatic heterocycles. The van der Waals surface area contributed by atoms with Crippen molar-refractivity contribution in [3.8, 4) is 22.1 Å². The first-order chi connectivity index (χ1) is 14.5. The second-order valence-electron chi connectivity index (χ2n) is 6.32. The molecule has 4 aromatic rings. The van der Waals surface area contributed by atoms with E-state index in [1.54, 1.807) is 12.1 Å². The number of ether oxygens (including phenoxy) is 1. The van der Waals surface area contributed by atoms with Crippen LogP contribution in [0.1, 0.15) is 10.4 Å². The lowest BCUT2D eigenvalue weighted by molar-refractivity contribution is -0.385. The number of para-hydroxylation sites is 1. The topological polar surface area (TPSA) is 115 Å². The van der Waals surface area contributed by atoms with Crippen LogP contribution in [0.2, 0.25) is 0 Å². The molecule has 4 rings (SSSR count). The van der Waals surface area contributed by atoms with Crippen molar-refractivity contribution >= 4 is 38.8 Å². The van der Waals surface area contributed by atoms with E-state index in [9.17, 15) is 20.0 Å². The molecule has 0 atom stereocenters. The van der Waals surface area contributed by atoms with Crippen molar-refractivity contribution in [1.82, 2.24) is 4.98 Å². The minimum Gasteiger partial charge on any atom is -0.507 e. The van der Waals surface area contributed by atoms with Crippen LogP contribution in [-0.4, -0.2) is 28.0 Å². The Kier molecular flexibility index (Phi) is 5.03. The molecule has 0 radical (unpaired) electrons. The predicted molar refractivity (Wildman–Crippen MR) is 114 cm³/mol. The fourth-order valence-corrected chi connectivity index (χ4v) is 3.95. The summed E-state index contributed by atoms with van der Waals surface area (Å²) in [5.41, 5.74) is 1.53. The van der Waals surface area contributed by atoms with Crippen LogP contribution in [0.4, 0.5) is 11.4 Å². The summed E-state index contributed by atoms with van der Waals surface area (Å²) in [6, 6.07) is 16.3. The van der Waals surface area contributed by atoms with Gasteiger partial charge in [-0.3, -0.25) is 14.9 Å². The van der Waals surface area contributed by atoms with Crippen LogP contribution in [0.3, 0.4) is 0 Å². The van der Waals surface area contributed by atoms with Crippen molar-refractivity contribution < 1.29 is 19.6 Å². The number of anilines is 1. The molecular weight excluding hydrogens is 406 g/mol. The summed E-state index contributed by atoms with van der Waals surface area (Å²) < 4.78 is 5.95. The number of phenolic OH excluding ortho intramolecular Hbond substituents is 1.